The second-order valence-corrected chi connectivity index (χ2v) is 28.6. The van der Waals surface area contributed by atoms with Crippen LogP contribution in [0.2, 0.25) is 5.02 Å². The van der Waals surface area contributed by atoms with Crippen LogP contribution in [0.4, 0.5) is 23.8 Å². The van der Waals surface area contributed by atoms with E-state index in [2.05, 4.69) is 99.1 Å². The van der Waals surface area contributed by atoms with Crippen molar-refractivity contribution in [3.63, 3.8) is 0 Å². The summed E-state index contributed by atoms with van der Waals surface area (Å²) in [6, 6.07) is 9.98. The van der Waals surface area contributed by atoms with Crippen molar-refractivity contribution in [1.29, 1.82) is 0 Å². The molecule has 0 radical (unpaired) electrons. The van der Waals surface area contributed by atoms with Gasteiger partial charge in [-0.1, -0.05) is 100.0 Å². The molecule has 0 aliphatic carbocycles. The number of aliphatic hydroxyl groups excluding tert-OH is 1. The van der Waals surface area contributed by atoms with E-state index >= 15 is 9.59 Å². The quantitative estimate of drug-likeness (QED) is 0.0237. The van der Waals surface area contributed by atoms with Crippen LogP contribution in [0, 0.1) is 5.92 Å². The number of nitrogens with zero attached hydrogens (tertiary/aromatic N) is 6. The molecule has 11 amide bonds. The minimum atomic E-state index is -1.80. The Labute approximate surface area is 643 Å². The Balaban J connectivity index is 1.14. The number of aromatic nitrogens is 7. The van der Waals surface area contributed by atoms with Gasteiger partial charge in [0, 0.05) is 69.3 Å². The fraction of sp³-hybridized carbons (Fsp3) is 0.514. The number of primary amides is 1. The molecule has 110 heavy (non-hydrogen) atoms. The predicted octanol–water partition coefficient (Wildman–Crippen LogP) is 0.967. The van der Waals surface area contributed by atoms with Crippen molar-refractivity contribution in [3.8, 4) is 0 Å². The van der Waals surface area contributed by atoms with Gasteiger partial charge in [-0.25, -0.2) is 10.2 Å². The summed E-state index contributed by atoms with van der Waals surface area (Å²) in [5, 5.41) is 60.4. The number of likely N-dealkylation sites (tertiary alicyclic amines) is 1. The molecule has 1 aliphatic heterocycles. The van der Waals surface area contributed by atoms with E-state index in [-0.39, 0.29) is 113 Å². The van der Waals surface area contributed by atoms with Gasteiger partial charge in [-0.15, -0.1) is 10.2 Å². The van der Waals surface area contributed by atoms with E-state index in [1.165, 1.54) is 31.1 Å². The molecule has 36 heteroatoms. The molecular formula is C74H106ClN23O12. The average molecular weight is 1550 g/mol. The minimum Gasteiger partial charge on any atom is -0.394 e. The first-order chi connectivity index (χ1) is 52.6. The molecule has 6 aromatic rings. The molecule has 1 saturated heterocycles. The third-order valence-corrected chi connectivity index (χ3v) is 18.5. The highest BCUT2D eigenvalue weighted by Gasteiger charge is 2.40. The summed E-state index contributed by atoms with van der Waals surface area (Å²) in [7, 11) is 0. The van der Waals surface area contributed by atoms with Gasteiger partial charge in [-0.05, 0) is 142 Å². The number of nitrogens with two attached hydrogens (primary N) is 3. The summed E-state index contributed by atoms with van der Waals surface area (Å²) in [6.45, 7) is 10.7. The van der Waals surface area contributed by atoms with E-state index in [0.717, 1.165) is 10.8 Å². The number of aliphatic hydroxyl groups is 1. The van der Waals surface area contributed by atoms with E-state index in [1.807, 2.05) is 70.2 Å². The highest BCUT2D eigenvalue weighted by atomic mass is 35.5. The van der Waals surface area contributed by atoms with Crippen LogP contribution in [0.15, 0.2) is 91.3 Å². The van der Waals surface area contributed by atoms with Gasteiger partial charge in [-0.3, -0.25) is 57.7 Å². The van der Waals surface area contributed by atoms with Gasteiger partial charge in [0.15, 0.2) is 0 Å². The highest BCUT2D eigenvalue weighted by Crippen LogP contribution is 2.23. The van der Waals surface area contributed by atoms with Crippen molar-refractivity contribution in [1.82, 2.24) is 93.4 Å². The standard InChI is InChI=1S/C74H106ClN23O12/c1-42(2)35-55(64(104)87-54(22-11-12-31-80-43(3)4)70(110)98-34-16-23-60(98)69(109)83-44(5)61(76)101)88-63(103)53(21-10-14-33-82-74-93-72(78)95-97-74)85-62(102)52(20-9-13-32-81-73-92-71(77)94-96-73)86-68(108)59(41-99)91-67(107)58(39-48-17-15-30-79-40-48)90-66(106)57(37-46-25-28-51(75)29-26-46)89-65(105)56(84-45(6)100)38-47-24-27-49-18-7-8-19-50(49)36-47/h7-8,15,17-19,24-30,36,40,42-44,52-60,80,99H,9-14,16,20-23,31-35,37-39,41H2,1-6H3,(H2,76,101)(H,83,109)(H,84,100)(H,85,102)(H,86,108)(H,87,104)(H,88,103)(H,89,105)(H,90,106)(H,91,107)(H4,77,81,92,94,96)(H4,78,82,93,95,97)/t44-,52+,53-,54+,55+,56-,57-,58-,59+,60+/m1/s1. The number of rotatable bonds is 46. The molecule has 0 bridgehead atoms. The maximum absolute atomic E-state index is 15.1. The molecule has 4 heterocycles. The lowest BCUT2D eigenvalue weighted by atomic mass is 9.99. The van der Waals surface area contributed by atoms with Crippen molar-refractivity contribution in [2.24, 2.45) is 11.7 Å². The summed E-state index contributed by atoms with van der Waals surface area (Å²) in [6.07, 6.45) is 5.77. The van der Waals surface area contributed by atoms with E-state index < -0.39 is 132 Å². The third-order valence-electron chi connectivity index (χ3n) is 18.3. The van der Waals surface area contributed by atoms with Gasteiger partial charge in [0.25, 0.3) is 0 Å². The SMILES string of the molecule is CC(=O)N[C@H](Cc1ccc2ccccc2c1)C(=O)N[C@H](Cc1ccc(Cl)cc1)C(=O)N[C@H](Cc1cccnc1)C(=O)N[C@@H](CO)C(=O)N[C@@H](CCCCNc1n[nH]c(N)n1)C(=O)N[C@H](CCCCNc1n[nH]c(N)n1)C(=O)N[C@@H](CC(C)C)C(=O)N[C@@H](CCCCNC(C)C)C(=O)N1CCC[C@H]1C(=O)N[C@H](C)C(N)=O. The van der Waals surface area contributed by atoms with E-state index in [1.54, 1.807) is 36.4 Å². The molecule has 21 N–H and O–H groups in total. The number of anilines is 4. The fourth-order valence-corrected chi connectivity index (χ4v) is 12.6. The number of halogens is 1. The highest BCUT2D eigenvalue weighted by molar-refractivity contribution is 6.30. The third kappa shape index (κ3) is 28.5. The molecule has 3 aromatic heterocycles. The largest absolute Gasteiger partial charge is 0.394 e. The maximum atomic E-state index is 15.1. The molecule has 3 aromatic carbocycles. The van der Waals surface area contributed by atoms with Crippen LogP contribution in [-0.4, -0.2) is 210 Å². The first-order valence-corrected chi connectivity index (χ1v) is 37.6. The Bertz CT molecular complexity index is 4030. The summed E-state index contributed by atoms with van der Waals surface area (Å²) >= 11 is 6.26. The van der Waals surface area contributed by atoms with Gasteiger partial charge >= 0.3 is 0 Å². The second kappa shape index (κ2) is 43.8. The molecule has 7 rings (SSSR count). The lowest BCUT2D eigenvalue weighted by molar-refractivity contribution is -0.142. The number of benzene rings is 3. The zero-order valence-electron chi connectivity index (χ0n) is 63.0. The lowest BCUT2D eigenvalue weighted by Gasteiger charge is -2.31. The number of pyridine rings is 1. The number of aromatic amines is 2. The first-order valence-electron chi connectivity index (χ1n) is 37.2. The monoisotopic (exact) mass is 1540 g/mol. The van der Waals surface area contributed by atoms with Crippen molar-refractivity contribution in [3.05, 3.63) is 113 Å². The number of carbonyl (C=O) groups excluding carboxylic acids is 11. The second-order valence-electron chi connectivity index (χ2n) is 28.1. The topological polar surface area (TPSA) is 530 Å². The van der Waals surface area contributed by atoms with Gasteiger partial charge in [-0.2, -0.15) is 9.97 Å². The van der Waals surface area contributed by atoms with Crippen LogP contribution in [0.1, 0.15) is 135 Å². The zero-order chi connectivity index (χ0) is 79.8. The first kappa shape index (κ1) is 86.2. The normalized spacial score (nSPS) is 15.1. The number of nitrogen functional groups attached to an aromatic ring is 2. The van der Waals surface area contributed by atoms with Crippen LogP contribution in [0.3, 0.4) is 0 Å². The lowest BCUT2D eigenvalue weighted by Crippen LogP contribution is -2.61. The number of amides is 11. The van der Waals surface area contributed by atoms with Crippen LogP contribution < -0.4 is 81.0 Å². The number of nitrogens with one attached hydrogen (secondary N) is 14. The van der Waals surface area contributed by atoms with Gasteiger partial charge in [0.05, 0.1) is 6.61 Å². The van der Waals surface area contributed by atoms with Crippen LogP contribution >= 0.6 is 11.6 Å². The van der Waals surface area contributed by atoms with Crippen LogP contribution in [0.25, 0.3) is 10.8 Å². The Morgan fingerprint density at radius 1 is 0.545 bits per heavy atom. The summed E-state index contributed by atoms with van der Waals surface area (Å²) in [4.78, 5) is 170. The number of H-pyrrole nitrogens is 2. The fourth-order valence-electron chi connectivity index (χ4n) is 12.5. The van der Waals surface area contributed by atoms with Gasteiger partial charge in [0.2, 0.25) is 88.8 Å². The number of carbonyl (C=O) groups is 11. The van der Waals surface area contributed by atoms with Gasteiger partial charge in [0.1, 0.15) is 60.4 Å². The number of hydrogen-bond donors (Lipinski definition) is 18. The van der Waals surface area contributed by atoms with Crippen molar-refractivity contribution in [2.75, 3.05) is 54.9 Å². The molecular weight excluding hydrogens is 1440 g/mol. The molecule has 596 valence electrons. The van der Waals surface area contributed by atoms with Crippen molar-refractivity contribution < 1.29 is 57.8 Å². The van der Waals surface area contributed by atoms with Crippen molar-refractivity contribution >= 4 is 111 Å². The number of unbranched alkanes of at least 4 members (excludes halogenated alkanes) is 3. The van der Waals surface area contributed by atoms with Crippen molar-refractivity contribution in [2.45, 2.75) is 204 Å². The van der Waals surface area contributed by atoms with Crippen LogP contribution in [-0.2, 0) is 72.0 Å². The summed E-state index contributed by atoms with van der Waals surface area (Å²) in [5.41, 5.74) is 18.7. The Morgan fingerprint density at radius 3 is 1.55 bits per heavy atom. The maximum Gasteiger partial charge on any atom is 0.245 e. The number of fused-ring (bicyclic) bond motifs is 1. The zero-order valence-corrected chi connectivity index (χ0v) is 63.7. The van der Waals surface area contributed by atoms with Crippen LogP contribution in [0.5, 0.6) is 0 Å². The van der Waals surface area contributed by atoms with E-state index in [4.69, 9.17) is 28.8 Å². The minimum absolute atomic E-state index is 0.0376. The smallest absolute Gasteiger partial charge is 0.245 e. The summed E-state index contributed by atoms with van der Waals surface area (Å²) in [5.74, 6) is -8.08. The average Bonchev–Trinajstić information content (AvgIpc) is 1.59. The molecule has 10 atom stereocenters. The van der Waals surface area contributed by atoms with Gasteiger partial charge < -0.3 is 91.0 Å². The summed E-state index contributed by atoms with van der Waals surface area (Å²) < 4.78 is 0. The molecule has 35 nitrogen and oxygen atoms in total. The van der Waals surface area contributed by atoms with E-state index in [0.29, 0.717) is 66.8 Å². The predicted molar refractivity (Wildman–Crippen MR) is 413 cm³/mol. The Hall–Kier alpha value is -11.1. The Morgan fingerprint density at radius 2 is 1.03 bits per heavy atom. The molecule has 0 unspecified atom stereocenters. The Kier molecular flexibility index (Phi) is 34.3. The molecule has 0 spiro atoms. The molecule has 1 fully saturated rings. The number of hydrogen-bond acceptors (Lipinski definition) is 22. The van der Waals surface area contributed by atoms with E-state index in [9.17, 15) is 48.3 Å². The molecule has 0 saturated carbocycles. The molecule has 1 aliphatic rings.